The third kappa shape index (κ3) is 22.6. The van der Waals surface area contributed by atoms with Crippen LogP contribution in [0.1, 0.15) is 156 Å². The number of amides is 11. The third-order valence-corrected chi connectivity index (χ3v) is 16.0. The van der Waals surface area contributed by atoms with Gasteiger partial charge in [-0.25, -0.2) is 0 Å². The largest absolute Gasteiger partial charge is 0.390 e. The maximum Gasteiger partial charge on any atom is 0.246 e. The molecule has 486 valence electrons. The van der Waals surface area contributed by atoms with E-state index in [4.69, 9.17) is 0 Å². The van der Waals surface area contributed by atoms with Gasteiger partial charge in [-0.3, -0.25) is 52.7 Å². The van der Waals surface area contributed by atoms with Crippen LogP contribution in [0.2, 0.25) is 0 Å². The first-order valence-corrected chi connectivity index (χ1v) is 30.6. The maximum absolute atomic E-state index is 15.0. The maximum atomic E-state index is 15.0. The topological polar surface area (TPSA) is 279 Å². The summed E-state index contributed by atoms with van der Waals surface area (Å²) in [6, 6.07) is -10.7. The van der Waals surface area contributed by atoms with Gasteiger partial charge in [0.2, 0.25) is 65.0 Å². The lowest BCUT2D eigenvalue weighted by Crippen LogP contribution is -2.62. The highest BCUT2D eigenvalue weighted by Crippen LogP contribution is 2.25. The molecule has 23 heteroatoms. The van der Waals surface area contributed by atoms with Gasteiger partial charge in [-0.2, -0.15) is 0 Å². The number of rotatable bonds is 14. The molecule has 1 heterocycles. The second kappa shape index (κ2) is 35.5. The minimum absolute atomic E-state index is 0.0558. The number of nitrogens with zero attached hydrogens (tertiary/aromatic N) is 7. The summed E-state index contributed by atoms with van der Waals surface area (Å²) >= 11 is 0. The van der Waals surface area contributed by atoms with Crippen LogP contribution in [0.15, 0.2) is 12.2 Å². The van der Waals surface area contributed by atoms with Crippen molar-refractivity contribution in [1.29, 1.82) is 0 Å². The molecule has 1 aliphatic rings. The fourth-order valence-electron chi connectivity index (χ4n) is 10.6. The molecule has 0 spiro atoms. The molecule has 1 fully saturated rings. The van der Waals surface area contributed by atoms with Gasteiger partial charge in [-0.1, -0.05) is 102 Å². The van der Waals surface area contributed by atoms with E-state index in [9.17, 15) is 53.1 Å². The Morgan fingerprint density at radius 3 is 1.36 bits per heavy atom. The molecule has 11 amide bonds. The number of hydrogen-bond acceptors (Lipinski definition) is 12. The summed E-state index contributed by atoms with van der Waals surface area (Å²) in [4.78, 5) is 167. The quantitative estimate of drug-likeness (QED) is 0.157. The monoisotopic (exact) mass is 1200 g/mol. The van der Waals surface area contributed by atoms with Gasteiger partial charge in [-0.05, 0) is 101 Å². The van der Waals surface area contributed by atoms with Crippen molar-refractivity contribution >= 4 is 65.0 Å². The number of nitrogens with one attached hydrogen (secondary N) is 4. The van der Waals surface area contributed by atoms with Crippen LogP contribution in [-0.4, -0.2) is 227 Å². The molecule has 0 aromatic heterocycles. The van der Waals surface area contributed by atoms with Crippen molar-refractivity contribution in [1.82, 2.24) is 55.6 Å². The average Bonchev–Trinajstić information content (AvgIpc) is 2.91. The molecule has 1 saturated heterocycles. The summed E-state index contributed by atoms with van der Waals surface area (Å²) in [6.45, 7) is 27.9. The van der Waals surface area contributed by atoms with Gasteiger partial charge >= 0.3 is 0 Å². The van der Waals surface area contributed by atoms with Gasteiger partial charge in [-0.15, -0.1) is 0 Å². The van der Waals surface area contributed by atoms with E-state index in [-0.39, 0.29) is 68.7 Å². The highest BCUT2D eigenvalue weighted by Gasteiger charge is 2.45. The number of aliphatic hydroxyl groups is 1. The molecule has 0 aliphatic carbocycles. The predicted octanol–water partition coefficient (Wildman–Crippen LogP) is 3.27. The second-order valence-electron chi connectivity index (χ2n) is 26.1. The van der Waals surface area contributed by atoms with Crippen molar-refractivity contribution in [2.45, 2.75) is 216 Å². The van der Waals surface area contributed by atoms with E-state index in [2.05, 4.69) is 21.3 Å². The highest BCUT2D eigenvalue weighted by molar-refractivity contribution is 5.99. The van der Waals surface area contributed by atoms with Crippen molar-refractivity contribution in [3.8, 4) is 0 Å². The van der Waals surface area contributed by atoms with E-state index in [1.807, 2.05) is 68.4 Å². The van der Waals surface area contributed by atoms with Gasteiger partial charge in [0.15, 0.2) is 0 Å². The summed E-state index contributed by atoms with van der Waals surface area (Å²) in [5.41, 5.74) is 0. The molecule has 0 radical (unpaired) electrons. The summed E-state index contributed by atoms with van der Waals surface area (Å²) < 4.78 is 0. The summed E-state index contributed by atoms with van der Waals surface area (Å²) in [7, 11) is 10.1. The first-order valence-electron chi connectivity index (χ1n) is 30.6. The van der Waals surface area contributed by atoms with Crippen LogP contribution in [0.4, 0.5) is 0 Å². The molecule has 11 unspecified atom stereocenters. The Bertz CT molecular complexity index is 2310. The van der Waals surface area contributed by atoms with Crippen molar-refractivity contribution in [2.75, 3.05) is 62.4 Å². The standard InChI is InChI=1S/C62H111N11O12/c1-24-25-27-41(14)53(76)52-57(80)63-29-26-28-48(74)67(17)34-49(75)68(18)44(30-35(2)3)56(79)66-50(39(10)11)61(84)69(19)45(31-36(4)5)55(78)64-42(15)54(77)65-43(16)58(81)70(20)46(32-37(6)7)59(82)71(21)47(33-38(8)9)60(83)72(22)51(40(12)13)62(85)73(52)23/h24-25,35-47,50-53,76H,26-34H2,1-23H3,(H,63,80)(H,64,78)(H,65,77)(H,66,79). The normalized spacial score (nSPS) is 26.3. The van der Waals surface area contributed by atoms with E-state index in [1.54, 1.807) is 40.7 Å². The van der Waals surface area contributed by atoms with Crippen LogP contribution >= 0.6 is 0 Å². The number of allylic oxidation sites excluding steroid dienone is 2. The van der Waals surface area contributed by atoms with Gasteiger partial charge in [0, 0.05) is 62.3 Å². The van der Waals surface area contributed by atoms with Crippen LogP contribution in [0.3, 0.4) is 0 Å². The molecule has 0 aromatic rings. The zero-order chi connectivity index (χ0) is 65.8. The lowest BCUT2D eigenvalue weighted by Gasteiger charge is -2.41. The van der Waals surface area contributed by atoms with E-state index >= 15 is 4.79 Å². The van der Waals surface area contributed by atoms with Crippen LogP contribution in [0.5, 0.6) is 0 Å². The molecule has 23 nitrogen and oxygen atoms in total. The number of hydrogen-bond donors (Lipinski definition) is 5. The number of aliphatic hydroxyl groups excluding tert-OH is 1. The molecule has 11 atom stereocenters. The molecule has 1 rings (SSSR count). The van der Waals surface area contributed by atoms with Crippen LogP contribution in [0, 0.1) is 41.4 Å². The zero-order valence-corrected chi connectivity index (χ0v) is 55.9. The van der Waals surface area contributed by atoms with Crippen molar-refractivity contribution < 1.29 is 57.8 Å². The molecule has 0 aromatic carbocycles. The minimum atomic E-state index is -1.46. The highest BCUT2D eigenvalue weighted by atomic mass is 16.3. The molecular weight excluding hydrogens is 1090 g/mol. The molecule has 0 saturated carbocycles. The van der Waals surface area contributed by atoms with E-state index in [0.29, 0.717) is 6.42 Å². The SMILES string of the molecule is CC=CCC(C)C(O)C1C(=O)NCCCC(=O)N(C)CC(=O)N(C)C(CC(C)C)C(=O)NC(C(C)C)C(=O)N(C)C(CC(C)C)C(=O)NC(C)C(=O)NC(C)C(=O)N(C)C(CC(C)C)C(=O)N(C)C(CC(C)C)C(=O)N(C)C(C(C)C)C(=O)N1C. The minimum Gasteiger partial charge on any atom is -0.390 e. The molecular formula is C62H111N11O12. The van der Waals surface area contributed by atoms with Crippen molar-refractivity contribution in [3.63, 3.8) is 0 Å². The van der Waals surface area contributed by atoms with E-state index in [1.165, 1.54) is 92.6 Å². The Hall–Kier alpha value is -6.13. The second-order valence-corrected chi connectivity index (χ2v) is 26.1. The Balaban J connectivity index is 4.13. The van der Waals surface area contributed by atoms with Gasteiger partial charge < -0.3 is 60.7 Å². The third-order valence-electron chi connectivity index (χ3n) is 16.0. The zero-order valence-electron chi connectivity index (χ0n) is 55.9. The lowest BCUT2D eigenvalue weighted by molar-refractivity contribution is -0.157. The predicted molar refractivity (Wildman–Crippen MR) is 328 cm³/mol. The molecule has 5 N–H and O–H groups in total. The Morgan fingerprint density at radius 2 is 0.894 bits per heavy atom. The van der Waals surface area contributed by atoms with Crippen LogP contribution in [0.25, 0.3) is 0 Å². The number of likely N-dealkylation sites (N-methyl/N-ethyl adjacent to an activating group) is 7. The first-order chi connectivity index (χ1) is 39.3. The Morgan fingerprint density at radius 1 is 0.471 bits per heavy atom. The fraction of sp³-hybridized carbons (Fsp3) is 0.790. The Kier molecular flexibility index (Phi) is 32.1. The molecule has 85 heavy (non-hydrogen) atoms. The van der Waals surface area contributed by atoms with Crippen LogP contribution in [-0.2, 0) is 52.7 Å². The number of carbonyl (C=O) groups is 11. The molecule has 0 bridgehead atoms. The summed E-state index contributed by atoms with van der Waals surface area (Å²) in [5, 5.41) is 22.9. The molecule has 1 aliphatic heterocycles. The number of carbonyl (C=O) groups excluding carboxylic acids is 11. The van der Waals surface area contributed by atoms with Gasteiger partial charge in [0.25, 0.3) is 0 Å². The van der Waals surface area contributed by atoms with E-state index in [0.717, 1.165) is 4.90 Å². The first kappa shape index (κ1) is 76.9. The van der Waals surface area contributed by atoms with Gasteiger partial charge in [0.1, 0.15) is 54.4 Å². The van der Waals surface area contributed by atoms with E-state index < -0.39 is 150 Å². The lowest BCUT2D eigenvalue weighted by atomic mass is 9.91. The van der Waals surface area contributed by atoms with Crippen LogP contribution < -0.4 is 21.3 Å². The van der Waals surface area contributed by atoms with Crippen molar-refractivity contribution in [2.24, 2.45) is 41.4 Å². The van der Waals surface area contributed by atoms with Gasteiger partial charge in [0.05, 0.1) is 12.6 Å². The van der Waals surface area contributed by atoms with Crippen molar-refractivity contribution in [3.05, 3.63) is 12.2 Å². The fourth-order valence-corrected chi connectivity index (χ4v) is 10.6. The summed E-state index contributed by atoms with van der Waals surface area (Å²) in [5.74, 6) is -8.83. The average molecular weight is 1200 g/mol. The summed E-state index contributed by atoms with van der Waals surface area (Å²) in [6.07, 6.45) is 3.30. The smallest absolute Gasteiger partial charge is 0.246 e. The Labute approximate surface area is 508 Å².